The number of carbonyl (C=O) groups is 2. The third-order valence-corrected chi connectivity index (χ3v) is 6.65. The molecule has 5 nitrogen and oxygen atoms in total. The van der Waals surface area contributed by atoms with E-state index in [1.165, 1.54) is 35.2 Å². The zero-order valence-electron chi connectivity index (χ0n) is 18.9. The van der Waals surface area contributed by atoms with Crippen LogP contribution in [-0.4, -0.2) is 28.4 Å². The second-order valence-electron chi connectivity index (χ2n) is 9.73. The number of nitriles is 1. The van der Waals surface area contributed by atoms with E-state index >= 15 is 8.78 Å². The summed E-state index contributed by atoms with van der Waals surface area (Å²) in [4.78, 5) is 25.6. The van der Waals surface area contributed by atoms with Gasteiger partial charge in [-0.1, -0.05) is 62.2 Å². The molecule has 1 aliphatic rings. The highest BCUT2D eigenvalue weighted by Gasteiger charge is 2.60. The van der Waals surface area contributed by atoms with Gasteiger partial charge in [-0.2, -0.15) is 5.26 Å². The molecule has 180 valence electrons. The molecule has 2 aromatic carbocycles. The maximum Gasteiger partial charge on any atom is 0.312 e. The Hall–Kier alpha value is -2.69. The lowest BCUT2D eigenvalue weighted by atomic mass is 9.63. The van der Waals surface area contributed by atoms with Crippen molar-refractivity contribution in [1.82, 2.24) is 4.90 Å². The van der Waals surface area contributed by atoms with E-state index in [2.05, 4.69) is 6.07 Å². The molecule has 1 N–H and O–H groups in total. The molecule has 0 aromatic heterocycles. The highest BCUT2D eigenvalue weighted by atomic mass is 35.5. The second-order valence-corrected chi connectivity index (χ2v) is 10.6. The van der Waals surface area contributed by atoms with Crippen LogP contribution in [-0.2, 0) is 15.0 Å². The van der Waals surface area contributed by atoms with E-state index in [1.807, 2.05) is 20.8 Å². The molecular formula is C25H24Cl2F2N2O3. The van der Waals surface area contributed by atoms with Gasteiger partial charge in [0.1, 0.15) is 23.5 Å². The summed E-state index contributed by atoms with van der Waals surface area (Å²) < 4.78 is 30.8. The van der Waals surface area contributed by atoms with Gasteiger partial charge < -0.3 is 10.0 Å². The van der Waals surface area contributed by atoms with Crippen LogP contribution in [0.2, 0.25) is 10.0 Å². The van der Waals surface area contributed by atoms with Crippen LogP contribution < -0.4 is 0 Å². The van der Waals surface area contributed by atoms with Crippen LogP contribution in [0, 0.1) is 34.3 Å². The molecule has 1 heterocycles. The van der Waals surface area contributed by atoms with Crippen LogP contribution in [0.15, 0.2) is 36.4 Å². The molecular weight excluding hydrogens is 485 g/mol. The molecule has 34 heavy (non-hydrogen) atoms. The molecule has 0 saturated carbocycles. The van der Waals surface area contributed by atoms with Gasteiger partial charge in [-0.3, -0.25) is 9.59 Å². The average Bonchev–Trinajstić information content (AvgIpc) is 3.02. The number of carboxylic acid groups (broad SMARTS) is 1. The van der Waals surface area contributed by atoms with Gasteiger partial charge in [-0.15, -0.1) is 0 Å². The highest BCUT2D eigenvalue weighted by molar-refractivity contribution is 6.31. The number of hydrogen-bond acceptors (Lipinski definition) is 3. The number of halogens is 4. The Balaban J connectivity index is 2.38. The largest absolute Gasteiger partial charge is 0.481 e. The summed E-state index contributed by atoms with van der Waals surface area (Å²) in [6.45, 7) is 5.74. The van der Waals surface area contributed by atoms with Gasteiger partial charge in [-0.05, 0) is 30.0 Å². The quantitative estimate of drug-likeness (QED) is 0.491. The van der Waals surface area contributed by atoms with E-state index in [0.717, 1.165) is 6.07 Å². The number of likely N-dealkylation sites (tertiary alicyclic amines) is 1. The summed E-state index contributed by atoms with van der Waals surface area (Å²) in [5.74, 6) is -4.44. The number of aliphatic carboxylic acids is 1. The first kappa shape index (κ1) is 25.9. The van der Waals surface area contributed by atoms with Gasteiger partial charge in [0.15, 0.2) is 0 Å². The number of carboxylic acids is 1. The Kier molecular flexibility index (Phi) is 7.26. The molecule has 9 heteroatoms. The minimum Gasteiger partial charge on any atom is -0.481 e. The fraction of sp³-hybridized carbons (Fsp3) is 0.400. The van der Waals surface area contributed by atoms with Gasteiger partial charge in [0.2, 0.25) is 5.91 Å². The number of nitrogens with zero attached hydrogens (tertiary/aromatic N) is 2. The molecule has 0 spiro atoms. The van der Waals surface area contributed by atoms with Gasteiger partial charge in [0, 0.05) is 28.6 Å². The van der Waals surface area contributed by atoms with E-state index in [-0.39, 0.29) is 33.1 Å². The summed E-state index contributed by atoms with van der Waals surface area (Å²) in [5, 5.41) is 19.8. The molecule has 1 aliphatic heterocycles. The summed E-state index contributed by atoms with van der Waals surface area (Å²) in [5.41, 5.74) is -2.21. The van der Waals surface area contributed by atoms with Crippen molar-refractivity contribution in [3.05, 3.63) is 69.2 Å². The standard InChI is InChI=1S/C25H24Cl2F2N2O3/c1-24(2,3)11-14-12-31(20(32)10-21(33)34)23(16-5-4-6-18(27)22(16)29)25(14,13-30)17-8-7-15(26)9-19(17)28/h4-9,14,23H,10-12H2,1-3H3,(H,33,34)/t14-,23-,25-/m1/s1. The molecule has 3 rings (SSSR count). The maximum atomic E-state index is 15.4. The van der Waals surface area contributed by atoms with Crippen LogP contribution in [0.4, 0.5) is 8.78 Å². The lowest BCUT2D eigenvalue weighted by molar-refractivity contribution is -0.144. The summed E-state index contributed by atoms with van der Waals surface area (Å²) >= 11 is 12.0. The summed E-state index contributed by atoms with van der Waals surface area (Å²) in [6.07, 6.45) is -0.482. The molecule has 1 saturated heterocycles. The highest BCUT2D eigenvalue weighted by Crippen LogP contribution is 2.56. The van der Waals surface area contributed by atoms with Crippen LogP contribution in [0.1, 0.15) is 50.8 Å². The number of rotatable bonds is 5. The van der Waals surface area contributed by atoms with Gasteiger partial charge in [0.05, 0.1) is 17.1 Å². The van der Waals surface area contributed by atoms with E-state index in [0.29, 0.717) is 6.42 Å². The Morgan fingerprint density at radius 2 is 1.91 bits per heavy atom. The van der Waals surface area contributed by atoms with E-state index < -0.39 is 47.3 Å². The molecule has 2 aromatic rings. The molecule has 3 atom stereocenters. The lowest BCUT2D eigenvalue weighted by Gasteiger charge is -2.38. The Morgan fingerprint density at radius 3 is 2.47 bits per heavy atom. The minimum atomic E-state index is -1.73. The van der Waals surface area contributed by atoms with Crippen LogP contribution in [0.25, 0.3) is 0 Å². The fourth-order valence-electron chi connectivity index (χ4n) is 4.95. The zero-order chi connectivity index (χ0) is 25.4. The normalized spacial score (nSPS) is 22.5. The SMILES string of the molecule is CC(C)(C)C[C@@H]1CN(C(=O)CC(=O)O)[C@H](c2cccc(Cl)c2F)[C@@]1(C#N)c1ccc(Cl)cc1F. The van der Waals surface area contributed by atoms with Crippen molar-refractivity contribution in [2.45, 2.75) is 45.1 Å². The van der Waals surface area contributed by atoms with Crippen molar-refractivity contribution in [3.8, 4) is 6.07 Å². The Morgan fingerprint density at radius 1 is 1.24 bits per heavy atom. The van der Waals surface area contributed by atoms with Crippen molar-refractivity contribution in [3.63, 3.8) is 0 Å². The number of hydrogen-bond donors (Lipinski definition) is 1. The Bertz CT molecular complexity index is 1180. The predicted molar refractivity (Wildman–Crippen MR) is 124 cm³/mol. The summed E-state index contributed by atoms with van der Waals surface area (Å²) in [6, 6.07) is 8.96. The van der Waals surface area contributed by atoms with Crippen LogP contribution >= 0.6 is 23.2 Å². The van der Waals surface area contributed by atoms with Crippen LogP contribution in [0.3, 0.4) is 0 Å². The fourth-order valence-corrected chi connectivity index (χ4v) is 5.29. The first-order valence-corrected chi connectivity index (χ1v) is 11.4. The van der Waals surface area contributed by atoms with Gasteiger partial charge >= 0.3 is 5.97 Å². The smallest absolute Gasteiger partial charge is 0.312 e. The number of carbonyl (C=O) groups excluding carboxylic acids is 1. The molecule has 0 aliphatic carbocycles. The molecule has 0 bridgehead atoms. The van der Waals surface area contributed by atoms with Crippen molar-refractivity contribution < 1.29 is 23.5 Å². The molecule has 1 fully saturated rings. The van der Waals surface area contributed by atoms with Gasteiger partial charge in [-0.25, -0.2) is 8.78 Å². The lowest BCUT2D eigenvalue weighted by Crippen LogP contribution is -2.41. The molecule has 1 amide bonds. The zero-order valence-corrected chi connectivity index (χ0v) is 20.4. The first-order chi connectivity index (χ1) is 15.8. The van der Waals surface area contributed by atoms with Crippen molar-refractivity contribution in [2.75, 3.05) is 6.54 Å². The number of amides is 1. The van der Waals surface area contributed by atoms with E-state index in [9.17, 15) is 20.0 Å². The number of benzene rings is 2. The van der Waals surface area contributed by atoms with E-state index in [1.54, 1.807) is 0 Å². The molecule has 0 radical (unpaired) electrons. The third-order valence-electron chi connectivity index (χ3n) is 6.12. The maximum absolute atomic E-state index is 15.4. The summed E-state index contributed by atoms with van der Waals surface area (Å²) in [7, 11) is 0. The van der Waals surface area contributed by atoms with Gasteiger partial charge in [0.25, 0.3) is 0 Å². The van der Waals surface area contributed by atoms with Crippen molar-refractivity contribution in [1.29, 1.82) is 5.26 Å². The van der Waals surface area contributed by atoms with E-state index in [4.69, 9.17) is 23.2 Å². The average molecular weight is 509 g/mol. The van der Waals surface area contributed by atoms with Crippen molar-refractivity contribution in [2.24, 2.45) is 11.3 Å². The van der Waals surface area contributed by atoms with Crippen LogP contribution in [0.5, 0.6) is 0 Å². The Labute approximate surface area is 206 Å². The third kappa shape index (κ3) is 4.75. The minimum absolute atomic E-state index is 0.0383. The monoisotopic (exact) mass is 508 g/mol. The topological polar surface area (TPSA) is 81.4 Å². The first-order valence-electron chi connectivity index (χ1n) is 10.6. The molecule has 0 unspecified atom stereocenters. The second kappa shape index (κ2) is 9.52. The van der Waals surface area contributed by atoms with Crippen molar-refractivity contribution >= 4 is 35.1 Å². The predicted octanol–water partition coefficient (Wildman–Crippen LogP) is 6.14.